The fraction of sp³-hybridized carbons (Fsp3) is 0.667. The van der Waals surface area contributed by atoms with Crippen molar-refractivity contribution < 1.29 is 66.2 Å². The Morgan fingerprint density at radius 3 is 2.33 bits per heavy atom. The molecule has 1 spiro atoms. The van der Waals surface area contributed by atoms with Gasteiger partial charge in [-0.15, -0.1) is 0 Å². The number of amides is 1. The zero-order valence-electron chi connectivity index (χ0n) is 14.2. The Bertz CT molecular complexity index is 996. The van der Waals surface area contributed by atoms with E-state index in [0.717, 1.165) is 0 Å². The van der Waals surface area contributed by atoms with Gasteiger partial charge in [-0.05, 0) is 11.5 Å². The van der Waals surface area contributed by atoms with E-state index in [4.69, 9.17) is 25.2 Å². The van der Waals surface area contributed by atoms with Gasteiger partial charge in [0.15, 0.2) is 0 Å². The van der Waals surface area contributed by atoms with E-state index >= 15 is 0 Å². The number of nitrogens with two attached hydrogens (primary N) is 1. The molecule has 1 amide bonds. The molecule has 1 aromatic heterocycles. The summed E-state index contributed by atoms with van der Waals surface area (Å²) in [5.41, 5.74) is 3.29. The van der Waals surface area contributed by atoms with Gasteiger partial charge in [-0.2, -0.15) is 13.0 Å². The summed E-state index contributed by atoms with van der Waals surface area (Å²) >= 11 is 0.649. The van der Waals surface area contributed by atoms with E-state index in [1.54, 1.807) is 0 Å². The second-order valence-electron chi connectivity index (χ2n) is 6.14. The van der Waals surface area contributed by atoms with E-state index < -0.39 is 59.4 Å². The number of aliphatic hydroxyl groups excluding tert-OH is 2. The number of aliphatic hydroxyl groups is 2. The van der Waals surface area contributed by atoms with Gasteiger partial charge in [0.1, 0.15) is 35.0 Å². The van der Waals surface area contributed by atoms with Gasteiger partial charge in [0.05, 0.1) is 0 Å². The van der Waals surface area contributed by atoms with Crippen LogP contribution in [0.25, 0.3) is 0 Å². The molecule has 21 heteroatoms. The van der Waals surface area contributed by atoms with Crippen LogP contribution >= 0.6 is 35.0 Å². The van der Waals surface area contributed by atoms with Crippen LogP contribution in [-0.2, 0) is 31.6 Å². The number of primary amides is 1. The van der Waals surface area contributed by atoms with E-state index in [-0.39, 0.29) is 17.3 Å². The monoisotopic (exact) mass is 513 g/mol. The maximum absolute atomic E-state index is 11.9. The predicted molar refractivity (Wildman–Crippen MR) is 90.4 cm³/mol. The summed E-state index contributed by atoms with van der Waals surface area (Å²) in [6.45, 7) is 0. The molecule has 0 aromatic carbocycles. The molecule has 30 heavy (non-hydrogen) atoms. The fourth-order valence-electron chi connectivity index (χ4n) is 2.73. The van der Waals surface area contributed by atoms with Crippen molar-refractivity contribution in [3.63, 3.8) is 0 Å². The highest BCUT2D eigenvalue weighted by molar-refractivity contribution is 7.66. The fourth-order valence-corrected chi connectivity index (χ4v) is 6.69. The van der Waals surface area contributed by atoms with Gasteiger partial charge in [0.2, 0.25) is 5.82 Å². The van der Waals surface area contributed by atoms with Gasteiger partial charge in [0.25, 0.3) is 5.91 Å². The molecular weight excluding hydrogens is 499 g/mol. The lowest BCUT2D eigenvalue weighted by atomic mass is 10.1. The van der Waals surface area contributed by atoms with Crippen molar-refractivity contribution in [1.29, 1.82) is 0 Å². The van der Waals surface area contributed by atoms with Crippen molar-refractivity contribution in [2.24, 2.45) is 5.73 Å². The van der Waals surface area contributed by atoms with E-state index in [1.807, 2.05) is 0 Å². The minimum atomic E-state index is -5.72. The summed E-state index contributed by atoms with van der Waals surface area (Å²) in [5.74, 6) is -1.31. The molecule has 1 saturated heterocycles. The Morgan fingerprint density at radius 1 is 1.17 bits per heavy atom. The number of phosphoric acid groups is 3. The largest absolute Gasteiger partial charge is 0.490 e. The van der Waals surface area contributed by atoms with Gasteiger partial charge in [-0.1, -0.05) is 0 Å². The molecule has 2 fully saturated rings. The first-order valence-electron chi connectivity index (χ1n) is 7.55. The van der Waals surface area contributed by atoms with Crippen molar-refractivity contribution in [3.05, 3.63) is 10.8 Å². The standard InChI is InChI=1S/C9H14N3O14P3S/c10-6(15)7-11-8(30-12-7)4-3(13)5(14)9(23-4)1-2(9)24-28(19,20)26-29(21,22)25-27(16,17)18/h2-5,13-14H,1H2,(H2,10,15)(H,19,20)(H,21,22)(H2,16,17,18)/t2?,3-,4+,5-,9+/m0/s1. The Labute approximate surface area is 170 Å². The lowest BCUT2D eigenvalue weighted by Crippen LogP contribution is -2.34. The number of aromatic nitrogens is 2. The summed E-state index contributed by atoms with van der Waals surface area (Å²) < 4.78 is 54.8. The maximum atomic E-state index is 11.9. The molecule has 3 rings (SSSR count). The van der Waals surface area contributed by atoms with Crippen LogP contribution in [0, 0.1) is 0 Å². The number of carbonyl (C=O) groups excluding carboxylic acids is 1. The Balaban J connectivity index is 1.69. The van der Waals surface area contributed by atoms with Crippen LogP contribution in [0.2, 0.25) is 0 Å². The minimum absolute atomic E-state index is 0.0313. The predicted octanol–water partition coefficient (Wildman–Crippen LogP) is -1.72. The lowest BCUT2D eigenvalue weighted by molar-refractivity contribution is -0.0371. The average Bonchev–Trinajstić information content (AvgIpc) is 2.89. The van der Waals surface area contributed by atoms with Crippen molar-refractivity contribution in [2.75, 3.05) is 0 Å². The summed E-state index contributed by atoms with van der Waals surface area (Å²) in [6.07, 6.45) is -6.33. The number of carbonyl (C=O) groups is 1. The van der Waals surface area contributed by atoms with Crippen LogP contribution in [0.5, 0.6) is 0 Å². The minimum Gasteiger partial charge on any atom is -0.387 e. The Morgan fingerprint density at radius 2 is 1.80 bits per heavy atom. The van der Waals surface area contributed by atoms with Crippen LogP contribution in [0.15, 0.2) is 0 Å². The molecule has 17 nitrogen and oxygen atoms in total. The van der Waals surface area contributed by atoms with Crippen molar-refractivity contribution in [1.82, 2.24) is 9.36 Å². The number of rotatable bonds is 8. The molecule has 2 heterocycles. The van der Waals surface area contributed by atoms with Crippen LogP contribution in [-0.4, -0.2) is 69.0 Å². The van der Waals surface area contributed by atoms with Crippen LogP contribution < -0.4 is 5.73 Å². The first-order valence-corrected chi connectivity index (χ1v) is 12.8. The van der Waals surface area contributed by atoms with Crippen molar-refractivity contribution in [3.8, 4) is 0 Å². The van der Waals surface area contributed by atoms with E-state index in [2.05, 4.69) is 22.5 Å². The number of ether oxygens (including phenoxy) is 1. The molecule has 8 N–H and O–H groups in total. The molecular formula is C9H14N3O14P3S. The molecule has 3 unspecified atom stereocenters. The second kappa shape index (κ2) is 7.72. The average molecular weight is 513 g/mol. The molecule has 0 bridgehead atoms. The number of hydrogen-bond donors (Lipinski definition) is 7. The van der Waals surface area contributed by atoms with Crippen molar-refractivity contribution >= 4 is 40.9 Å². The molecule has 0 radical (unpaired) electrons. The zero-order valence-corrected chi connectivity index (χ0v) is 17.7. The quantitative estimate of drug-likeness (QED) is 0.190. The summed E-state index contributed by atoms with van der Waals surface area (Å²) in [6, 6.07) is 0. The second-order valence-corrected chi connectivity index (χ2v) is 11.3. The topological polar surface area (TPSA) is 278 Å². The normalized spacial score (nSPS) is 35.1. The third-order valence-electron chi connectivity index (χ3n) is 3.95. The third-order valence-corrected chi connectivity index (χ3v) is 8.57. The number of hydrogen-bond acceptors (Lipinski definition) is 13. The molecule has 2 aliphatic rings. The number of nitrogens with zero attached hydrogens (tertiary/aromatic N) is 2. The zero-order chi connectivity index (χ0) is 22.7. The first-order chi connectivity index (χ1) is 13.6. The highest BCUT2D eigenvalue weighted by Crippen LogP contribution is 2.69. The smallest absolute Gasteiger partial charge is 0.387 e. The van der Waals surface area contributed by atoms with E-state index in [9.17, 15) is 33.6 Å². The van der Waals surface area contributed by atoms with Crippen LogP contribution in [0.3, 0.4) is 0 Å². The third kappa shape index (κ3) is 5.03. The van der Waals surface area contributed by atoms with Crippen molar-refractivity contribution in [2.45, 2.75) is 36.4 Å². The molecule has 1 saturated carbocycles. The Hall–Kier alpha value is -0.680. The van der Waals surface area contributed by atoms with E-state index in [0.29, 0.717) is 11.5 Å². The molecule has 1 aromatic rings. The van der Waals surface area contributed by atoms with Gasteiger partial charge >= 0.3 is 23.5 Å². The highest BCUT2D eigenvalue weighted by Gasteiger charge is 2.71. The summed E-state index contributed by atoms with van der Waals surface area (Å²) in [5, 5.41) is 20.4. The van der Waals surface area contributed by atoms with Crippen LogP contribution in [0.4, 0.5) is 0 Å². The maximum Gasteiger partial charge on any atom is 0.490 e. The van der Waals surface area contributed by atoms with Gasteiger partial charge < -0.3 is 40.3 Å². The molecule has 7 atom stereocenters. The number of phosphoric ester groups is 1. The van der Waals surface area contributed by atoms with Gasteiger partial charge in [-0.25, -0.2) is 18.7 Å². The molecule has 1 aliphatic heterocycles. The SMILES string of the molecule is NC(=O)c1nsc([C@@H]2O[C@@]3(CC3OP(=O)(O)OP(=O)(O)OP(=O)(O)O)[C@@H](O)[C@H]2O)n1. The summed E-state index contributed by atoms with van der Waals surface area (Å²) in [7, 11) is -16.7. The first kappa shape index (κ1) is 24.0. The lowest BCUT2D eigenvalue weighted by Gasteiger charge is -2.18. The molecule has 170 valence electrons. The summed E-state index contributed by atoms with van der Waals surface area (Å²) in [4.78, 5) is 50.5. The van der Waals surface area contributed by atoms with Crippen LogP contribution in [0.1, 0.15) is 28.2 Å². The van der Waals surface area contributed by atoms with Gasteiger partial charge in [0, 0.05) is 6.42 Å². The van der Waals surface area contributed by atoms with Gasteiger partial charge in [-0.3, -0.25) is 9.32 Å². The highest BCUT2D eigenvalue weighted by atomic mass is 32.1. The van der Waals surface area contributed by atoms with E-state index in [1.165, 1.54) is 0 Å². The Kier molecular flexibility index (Phi) is 6.17. The molecule has 1 aliphatic carbocycles.